The van der Waals surface area contributed by atoms with Gasteiger partial charge >= 0.3 is 8.51 Å². The average Bonchev–Trinajstić information content (AvgIpc) is 2.78. The van der Waals surface area contributed by atoms with Crippen LogP contribution in [0.3, 0.4) is 0 Å². The fourth-order valence-electron chi connectivity index (χ4n) is 2.39. The Bertz CT molecular complexity index is 702. The monoisotopic (exact) mass is 295 g/mol. The summed E-state index contributed by atoms with van der Waals surface area (Å²) in [5, 5.41) is 0. The standard InChI is InChI=1S/C18H20N2P/c1-13-5-9-17(10-6-13)19-15(3)16(4)20(21-19)18-11-7-14(2)8-12-18/h5-12H,1-4H3/q+1. The van der Waals surface area contributed by atoms with Gasteiger partial charge < -0.3 is 0 Å². The summed E-state index contributed by atoms with van der Waals surface area (Å²) >= 11 is 0. The minimum Gasteiger partial charge on any atom is -0.177 e. The maximum absolute atomic E-state index is 2.34. The van der Waals surface area contributed by atoms with Crippen molar-refractivity contribution in [3.63, 3.8) is 0 Å². The van der Waals surface area contributed by atoms with Crippen LogP contribution in [0.5, 0.6) is 0 Å². The summed E-state index contributed by atoms with van der Waals surface area (Å²) < 4.78 is 4.68. The molecule has 0 saturated heterocycles. The zero-order valence-corrected chi connectivity index (χ0v) is 13.9. The zero-order chi connectivity index (χ0) is 15.0. The SMILES string of the molecule is Cc1ccc(-n2p[n+](-c3ccc(C)cc3)c(C)c2C)cc1. The molecule has 2 nitrogen and oxygen atoms in total. The molecule has 106 valence electrons. The van der Waals surface area contributed by atoms with Crippen LogP contribution < -0.4 is 4.33 Å². The fourth-order valence-corrected chi connectivity index (χ4v) is 3.60. The molecule has 2 aromatic carbocycles. The molecule has 3 rings (SSSR count). The van der Waals surface area contributed by atoms with E-state index in [0.29, 0.717) is 0 Å². The summed E-state index contributed by atoms with van der Waals surface area (Å²) in [7, 11) is 1.16. The quantitative estimate of drug-likeness (QED) is 0.655. The molecule has 21 heavy (non-hydrogen) atoms. The third-order valence-corrected chi connectivity index (χ3v) is 5.31. The van der Waals surface area contributed by atoms with E-state index in [2.05, 4.69) is 84.9 Å². The molecule has 0 aliphatic heterocycles. The van der Waals surface area contributed by atoms with Crippen molar-refractivity contribution in [1.82, 2.24) is 4.33 Å². The Hall–Kier alpha value is -1.92. The highest BCUT2D eigenvalue weighted by Crippen LogP contribution is 2.21. The fraction of sp³-hybridized carbons (Fsp3) is 0.222. The van der Waals surface area contributed by atoms with E-state index >= 15 is 0 Å². The Labute approximate surface area is 127 Å². The third-order valence-electron chi connectivity index (χ3n) is 3.89. The largest absolute Gasteiger partial charge is 0.358 e. The summed E-state index contributed by atoms with van der Waals surface area (Å²) in [6.45, 7) is 8.63. The van der Waals surface area contributed by atoms with Crippen molar-refractivity contribution in [3.8, 4) is 11.4 Å². The first-order valence-electron chi connectivity index (χ1n) is 7.19. The summed E-state index contributed by atoms with van der Waals surface area (Å²) in [4.78, 5) is 0. The van der Waals surface area contributed by atoms with Gasteiger partial charge in [-0.1, -0.05) is 35.4 Å². The minimum atomic E-state index is 1.16. The lowest BCUT2D eigenvalue weighted by molar-refractivity contribution is -0.525. The van der Waals surface area contributed by atoms with Crippen LogP contribution in [-0.4, -0.2) is 4.33 Å². The molecule has 0 spiro atoms. The Kier molecular flexibility index (Phi) is 3.65. The summed E-state index contributed by atoms with van der Waals surface area (Å²) in [6, 6.07) is 17.4. The van der Waals surface area contributed by atoms with Crippen LogP contribution in [0, 0.1) is 27.7 Å². The van der Waals surface area contributed by atoms with Crippen molar-refractivity contribution in [2.75, 3.05) is 0 Å². The maximum Gasteiger partial charge on any atom is 0.358 e. The van der Waals surface area contributed by atoms with Crippen LogP contribution in [0.15, 0.2) is 48.5 Å². The minimum absolute atomic E-state index is 1.16. The second-order valence-electron chi connectivity index (χ2n) is 5.55. The predicted octanol–water partition coefficient (Wildman–Crippen LogP) is 4.57. The Morgan fingerprint density at radius 1 is 0.762 bits per heavy atom. The van der Waals surface area contributed by atoms with Gasteiger partial charge in [0.15, 0.2) is 11.4 Å². The lowest BCUT2D eigenvalue weighted by Gasteiger charge is -1.97. The van der Waals surface area contributed by atoms with E-state index in [0.717, 1.165) is 8.51 Å². The predicted molar refractivity (Wildman–Crippen MR) is 88.8 cm³/mol. The molecule has 0 saturated carbocycles. The molecule has 3 aromatic rings. The van der Waals surface area contributed by atoms with Crippen molar-refractivity contribution in [1.29, 1.82) is 0 Å². The maximum atomic E-state index is 2.34. The van der Waals surface area contributed by atoms with Crippen molar-refractivity contribution in [3.05, 3.63) is 71.0 Å². The van der Waals surface area contributed by atoms with Crippen LogP contribution in [0.4, 0.5) is 0 Å². The molecule has 0 aliphatic rings. The Morgan fingerprint density at radius 3 is 1.86 bits per heavy atom. The van der Waals surface area contributed by atoms with Crippen molar-refractivity contribution in [2.24, 2.45) is 0 Å². The van der Waals surface area contributed by atoms with E-state index in [1.807, 2.05) is 0 Å². The molecule has 0 fully saturated rings. The number of aryl methyl sites for hydroxylation is 2. The second kappa shape index (κ2) is 5.46. The molecule has 0 aliphatic carbocycles. The van der Waals surface area contributed by atoms with Crippen LogP contribution in [-0.2, 0) is 0 Å². The number of benzene rings is 2. The number of nitrogens with zero attached hydrogens (tertiary/aromatic N) is 2. The molecule has 3 heteroatoms. The van der Waals surface area contributed by atoms with Gasteiger partial charge in [0.1, 0.15) is 11.4 Å². The third kappa shape index (κ3) is 2.64. The summed E-state index contributed by atoms with van der Waals surface area (Å²) in [5.41, 5.74) is 7.69. The first-order chi connectivity index (χ1) is 10.1. The van der Waals surface area contributed by atoms with Crippen LogP contribution in [0.1, 0.15) is 22.5 Å². The molecule has 0 atom stereocenters. The highest BCUT2D eigenvalue weighted by atomic mass is 31.1. The molecule has 1 heterocycles. The normalized spacial score (nSPS) is 11.2. The molecule has 0 bridgehead atoms. The number of hydrogen-bond donors (Lipinski definition) is 0. The first-order valence-corrected chi connectivity index (χ1v) is 7.99. The van der Waals surface area contributed by atoms with Crippen LogP contribution in [0.2, 0.25) is 0 Å². The molecule has 1 aromatic heterocycles. The molecule has 0 unspecified atom stereocenters. The van der Waals surface area contributed by atoms with E-state index in [1.54, 1.807) is 0 Å². The van der Waals surface area contributed by atoms with E-state index < -0.39 is 0 Å². The van der Waals surface area contributed by atoms with E-state index in [9.17, 15) is 0 Å². The topological polar surface area (TPSA) is 8.81 Å². The van der Waals surface area contributed by atoms with Gasteiger partial charge in [-0.2, -0.15) is 8.66 Å². The second-order valence-corrected chi connectivity index (χ2v) is 6.53. The molecule has 0 N–H and O–H groups in total. The summed E-state index contributed by atoms with van der Waals surface area (Å²) in [6.07, 6.45) is 0. The first kappa shape index (κ1) is 14.0. The van der Waals surface area contributed by atoms with E-state index in [1.165, 1.54) is 33.9 Å². The molecular weight excluding hydrogens is 275 g/mol. The number of hydrogen-bond acceptors (Lipinski definition) is 0. The van der Waals surface area contributed by atoms with Gasteiger partial charge in [0, 0.05) is 13.8 Å². The van der Waals surface area contributed by atoms with Gasteiger partial charge in [0.05, 0.1) is 0 Å². The van der Waals surface area contributed by atoms with Crippen LogP contribution >= 0.6 is 8.51 Å². The van der Waals surface area contributed by atoms with E-state index in [-0.39, 0.29) is 0 Å². The van der Waals surface area contributed by atoms with Gasteiger partial charge in [-0.25, -0.2) is 0 Å². The van der Waals surface area contributed by atoms with Crippen molar-refractivity contribution in [2.45, 2.75) is 27.7 Å². The van der Waals surface area contributed by atoms with Gasteiger partial charge in [0.2, 0.25) is 0 Å². The highest BCUT2D eigenvalue weighted by molar-refractivity contribution is 7.17. The smallest absolute Gasteiger partial charge is 0.177 e. The van der Waals surface area contributed by atoms with Gasteiger partial charge in [-0.15, -0.1) is 0 Å². The average molecular weight is 295 g/mol. The zero-order valence-electron chi connectivity index (χ0n) is 13.0. The lowest BCUT2D eigenvalue weighted by Crippen LogP contribution is -2.27. The van der Waals surface area contributed by atoms with Gasteiger partial charge in [-0.3, -0.25) is 0 Å². The Balaban J connectivity index is 2.11. The molecule has 0 amide bonds. The van der Waals surface area contributed by atoms with Crippen molar-refractivity contribution >= 4 is 8.51 Å². The van der Waals surface area contributed by atoms with Gasteiger partial charge in [-0.05, 0) is 38.1 Å². The van der Waals surface area contributed by atoms with Crippen LogP contribution in [0.25, 0.3) is 11.4 Å². The number of rotatable bonds is 2. The highest BCUT2D eigenvalue weighted by Gasteiger charge is 2.20. The molecular formula is C18H20N2P+. The molecule has 0 radical (unpaired) electrons. The Morgan fingerprint density at radius 2 is 1.29 bits per heavy atom. The number of aromatic nitrogens is 2. The summed E-state index contributed by atoms with van der Waals surface area (Å²) in [5.74, 6) is 0. The van der Waals surface area contributed by atoms with E-state index in [4.69, 9.17) is 0 Å². The van der Waals surface area contributed by atoms with Crippen molar-refractivity contribution < 1.29 is 4.33 Å². The lowest BCUT2D eigenvalue weighted by atomic mass is 10.2. The van der Waals surface area contributed by atoms with Gasteiger partial charge in [0.25, 0.3) is 0 Å².